The number of carbonyl (C=O) groups excluding carboxylic acids is 1. The quantitative estimate of drug-likeness (QED) is 0.449. The number of nitrogens with one attached hydrogen (secondary N) is 1. The molecule has 0 aliphatic carbocycles. The summed E-state index contributed by atoms with van der Waals surface area (Å²) in [6.45, 7) is 0.930. The molecule has 0 bridgehead atoms. The van der Waals surface area contributed by atoms with Gasteiger partial charge in [0.25, 0.3) is 10.1 Å². The Bertz CT molecular complexity index is 234. The van der Waals surface area contributed by atoms with E-state index < -0.39 is 21.4 Å². The van der Waals surface area contributed by atoms with Crippen LogP contribution in [0, 0.1) is 0 Å². The average molecular weight is 182 g/mol. The van der Waals surface area contributed by atoms with Crippen LogP contribution < -0.4 is 11.1 Å². The summed E-state index contributed by atoms with van der Waals surface area (Å²) in [7, 11) is -4.12. The van der Waals surface area contributed by atoms with E-state index >= 15 is 0 Å². The normalized spacial score (nSPS) is 14.4. The summed E-state index contributed by atoms with van der Waals surface area (Å²) < 4.78 is 28.9. The third-order valence-electron chi connectivity index (χ3n) is 1.01. The lowest BCUT2D eigenvalue weighted by Crippen LogP contribution is -2.39. The monoisotopic (exact) mass is 182 g/mol. The molecule has 1 atom stereocenters. The number of amides is 1. The van der Waals surface area contributed by atoms with Crippen LogP contribution in [0.4, 0.5) is 0 Å². The number of hydrogen-bond donors (Lipinski definition) is 3. The standard InChI is InChI=1S/C4H10N2O4S/c1-3(11(8,9)10)6-2-4(5)7/h3,6H,2H2,1H3,(H2,5,7)(H,8,9,10). The zero-order chi connectivity index (χ0) is 9.07. The van der Waals surface area contributed by atoms with Crippen LogP contribution in [0.3, 0.4) is 0 Å². The fourth-order valence-corrected chi connectivity index (χ4v) is 0.644. The predicted molar refractivity (Wildman–Crippen MR) is 38.2 cm³/mol. The minimum atomic E-state index is -4.12. The van der Waals surface area contributed by atoms with E-state index in [-0.39, 0.29) is 6.54 Å². The third-order valence-corrected chi connectivity index (χ3v) is 2.07. The molecule has 0 aliphatic rings. The first kappa shape index (κ1) is 10.3. The van der Waals surface area contributed by atoms with Crippen molar-refractivity contribution in [2.24, 2.45) is 5.73 Å². The van der Waals surface area contributed by atoms with Crippen molar-refractivity contribution < 1.29 is 17.8 Å². The van der Waals surface area contributed by atoms with E-state index in [2.05, 4.69) is 5.32 Å². The summed E-state index contributed by atoms with van der Waals surface area (Å²) in [6.07, 6.45) is 0. The summed E-state index contributed by atoms with van der Waals surface area (Å²) in [4.78, 5) is 10.1. The van der Waals surface area contributed by atoms with Gasteiger partial charge in [-0.3, -0.25) is 14.7 Å². The Labute approximate surface area is 64.5 Å². The summed E-state index contributed by atoms with van der Waals surface area (Å²) in [6, 6.07) is 0. The number of rotatable bonds is 4. The molecule has 66 valence electrons. The molecule has 0 aromatic carbocycles. The third kappa shape index (κ3) is 4.71. The van der Waals surface area contributed by atoms with Gasteiger partial charge in [0.15, 0.2) is 0 Å². The van der Waals surface area contributed by atoms with E-state index in [1.54, 1.807) is 0 Å². The molecule has 1 unspecified atom stereocenters. The molecule has 0 saturated heterocycles. The van der Waals surface area contributed by atoms with Crippen molar-refractivity contribution in [1.82, 2.24) is 5.32 Å². The highest BCUT2D eigenvalue weighted by atomic mass is 32.2. The second-order valence-corrected chi connectivity index (χ2v) is 3.74. The molecule has 0 radical (unpaired) electrons. The average Bonchev–Trinajstić information content (AvgIpc) is 1.80. The molecule has 7 heteroatoms. The molecule has 11 heavy (non-hydrogen) atoms. The maximum Gasteiger partial charge on any atom is 0.280 e. The molecule has 0 fully saturated rings. The highest BCUT2D eigenvalue weighted by Crippen LogP contribution is 1.90. The lowest BCUT2D eigenvalue weighted by molar-refractivity contribution is -0.117. The Hall–Kier alpha value is -0.660. The highest BCUT2D eigenvalue weighted by Gasteiger charge is 2.16. The maximum atomic E-state index is 10.3. The molecule has 0 aromatic rings. The first-order valence-corrected chi connectivity index (χ1v) is 4.32. The van der Waals surface area contributed by atoms with Crippen molar-refractivity contribution in [3.05, 3.63) is 0 Å². The van der Waals surface area contributed by atoms with Crippen molar-refractivity contribution in [3.63, 3.8) is 0 Å². The van der Waals surface area contributed by atoms with Crippen molar-refractivity contribution >= 4 is 16.0 Å². The first-order valence-electron chi connectivity index (χ1n) is 2.82. The minimum Gasteiger partial charge on any atom is -0.369 e. The van der Waals surface area contributed by atoms with Gasteiger partial charge in [0.1, 0.15) is 5.37 Å². The van der Waals surface area contributed by atoms with Gasteiger partial charge in [-0.1, -0.05) is 0 Å². The second kappa shape index (κ2) is 3.65. The van der Waals surface area contributed by atoms with Gasteiger partial charge in [0, 0.05) is 0 Å². The van der Waals surface area contributed by atoms with Crippen LogP contribution in [0.25, 0.3) is 0 Å². The molecular weight excluding hydrogens is 172 g/mol. The molecule has 0 rings (SSSR count). The van der Waals surface area contributed by atoms with E-state index in [0.717, 1.165) is 0 Å². The van der Waals surface area contributed by atoms with Gasteiger partial charge in [-0.15, -0.1) is 0 Å². The van der Waals surface area contributed by atoms with Crippen molar-refractivity contribution in [1.29, 1.82) is 0 Å². The molecular formula is C4H10N2O4S. The van der Waals surface area contributed by atoms with Crippen LogP contribution >= 0.6 is 0 Å². The number of nitrogens with two attached hydrogens (primary N) is 1. The van der Waals surface area contributed by atoms with Gasteiger partial charge in [0.2, 0.25) is 5.91 Å². The summed E-state index contributed by atoms with van der Waals surface area (Å²) in [5.41, 5.74) is 4.71. The van der Waals surface area contributed by atoms with Gasteiger partial charge < -0.3 is 5.73 Å². The fourth-order valence-electron chi connectivity index (χ4n) is 0.350. The van der Waals surface area contributed by atoms with Gasteiger partial charge >= 0.3 is 0 Å². The summed E-state index contributed by atoms with van der Waals surface area (Å²) in [5.74, 6) is -0.680. The molecule has 1 amide bonds. The summed E-state index contributed by atoms with van der Waals surface area (Å²) in [5, 5.41) is 1.04. The second-order valence-electron chi connectivity index (χ2n) is 2.00. The molecule has 0 aliphatic heterocycles. The minimum absolute atomic E-state index is 0.277. The predicted octanol–water partition coefficient (Wildman–Crippen LogP) is -1.70. The number of carbonyl (C=O) groups is 1. The Morgan fingerprint density at radius 1 is 1.73 bits per heavy atom. The van der Waals surface area contributed by atoms with E-state index in [4.69, 9.17) is 10.3 Å². The van der Waals surface area contributed by atoms with E-state index in [9.17, 15) is 13.2 Å². The first-order chi connectivity index (χ1) is 4.84. The van der Waals surface area contributed by atoms with Crippen molar-refractivity contribution in [3.8, 4) is 0 Å². The molecule has 4 N–H and O–H groups in total. The Balaban J connectivity index is 3.90. The highest BCUT2D eigenvalue weighted by molar-refractivity contribution is 7.86. The fraction of sp³-hybridized carbons (Fsp3) is 0.750. The van der Waals surface area contributed by atoms with Crippen LogP contribution in [-0.2, 0) is 14.9 Å². The lowest BCUT2D eigenvalue weighted by atomic mass is 10.6. The summed E-state index contributed by atoms with van der Waals surface area (Å²) >= 11 is 0. The Morgan fingerprint density at radius 2 is 2.18 bits per heavy atom. The van der Waals surface area contributed by atoms with E-state index in [0.29, 0.717) is 0 Å². The number of hydrogen-bond acceptors (Lipinski definition) is 4. The largest absolute Gasteiger partial charge is 0.369 e. The molecule has 6 nitrogen and oxygen atoms in total. The van der Waals surface area contributed by atoms with Gasteiger partial charge in [-0.05, 0) is 6.92 Å². The molecule has 0 aromatic heterocycles. The van der Waals surface area contributed by atoms with Crippen LogP contribution in [-0.4, -0.2) is 30.8 Å². The van der Waals surface area contributed by atoms with Crippen molar-refractivity contribution in [2.75, 3.05) is 6.54 Å². The van der Waals surface area contributed by atoms with E-state index in [1.807, 2.05) is 0 Å². The van der Waals surface area contributed by atoms with Gasteiger partial charge in [-0.25, -0.2) is 0 Å². The molecule has 0 saturated carbocycles. The van der Waals surface area contributed by atoms with Gasteiger partial charge in [0.05, 0.1) is 6.54 Å². The SMILES string of the molecule is CC(NCC(N)=O)S(=O)(=O)O. The van der Waals surface area contributed by atoms with Crippen LogP contribution in [0.15, 0.2) is 0 Å². The smallest absolute Gasteiger partial charge is 0.280 e. The lowest BCUT2D eigenvalue weighted by Gasteiger charge is -2.07. The Kier molecular flexibility index (Phi) is 3.43. The zero-order valence-electron chi connectivity index (χ0n) is 5.94. The number of primary amides is 1. The Morgan fingerprint density at radius 3 is 2.45 bits per heavy atom. The van der Waals surface area contributed by atoms with Crippen molar-refractivity contribution in [2.45, 2.75) is 12.3 Å². The van der Waals surface area contributed by atoms with Crippen LogP contribution in [0.2, 0.25) is 0 Å². The molecule has 0 heterocycles. The molecule has 0 spiro atoms. The van der Waals surface area contributed by atoms with E-state index in [1.165, 1.54) is 6.92 Å². The maximum absolute atomic E-state index is 10.3. The van der Waals surface area contributed by atoms with Crippen LogP contribution in [0.5, 0.6) is 0 Å². The van der Waals surface area contributed by atoms with Crippen LogP contribution in [0.1, 0.15) is 6.92 Å². The van der Waals surface area contributed by atoms with Gasteiger partial charge in [-0.2, -0.15) is 8.42 Å². The topological polar surface area (TPSA) is 109 Å². The zero-order valence-corrected chi connectivity index (χ0v) is 6.76.